The van der Waals surface area contributed by atoms with Gasteiger partial charge < -0.3 is 5.32 Å². The van der Waals surface area contributed by atoms with E-state index in [-0.39, 0.29) is 16.5 Å². The number of carbonyl (C=O) groups is 2. The Balaban J connectivity index is 1.72. The smallest absolute Gasteiger partial charge is 0.269 e. The summed E-state index contributed by atoms with van der Waals surface area (Å²) in [6, 6.07) is 23.2. The molecule has 3 aromatic carbocycles. The molecule has 1 atom stereocenters. The molecule has 8 heteroatoms. The minimum absolute atomic E-state index is 0.194. The molecular weight excluding hydrogens is 461 g/mol. The lowest BCUT2D eigenvalue weighted by Crippen LogP contribution is -2.30. The number of nitrogens with zero attached hydrogens (tertiary/aromatic N) is 2. The summed E-state index contributed by atoms with van der Waals surface area (Å²) in [6.07, 6.45) is 0.376. The van der Waals surface area contributed by atoms with E-state index >= 15 is 0 Å². The topological polar surface area (TPSA) is 73.2 Å². The number of hydrogen-bond acceptors (Lipinski definition) is 4. The molecule has 0 aromatic heterocycles. The molecule has 164 valence electrons. The van der Waals surface area contributed by atoms with E-state index in [2.05, 4.69) is 5.32 Å². The summed E-state index contributed by atoms with van der Waals surface area (Å²) in [5.41, 5.74) is 1.59. The summed E-state index contributed by atoms with van der Waals surface area (Å²) in [5.74, 6) is -1.38. The average molecular weight is 478 g/mol. The predicted octanol–water partition coefficient (Wildman–Crippen LogP) is 5.54. The van der Waals surface area contributed by atoms with Gasteiger partial charge in [0.25, 0.3) is 5.91 Å². The minimum atomic E-state index is -0.627. The summed E-state index contributed by atoms with van der Waals surface area (Å²) in [4.78, 5) is 27.7. The number of amides is 2. The Morgan fingerprint density at radius 1 is 1.06 bits per heavy atom. The van der Waals surface area contributed by atoms with Gasteiger partial charge in [0.2, 0.25) is 5.91 Å². The molecule has 0 radical (unpaired) electrons. The highest BCUT2D eigenvalue weighted by Gasteiger charge is 2.40. The molecule has 5 nitrogen and oxygen atoms in total. The number of nitriles is 1. The number of halogens is 2. The normalized spacial score (nSPS) is 16.9. The van der Waals surface area contributed by atoms with E-state index < -0.39 is 17.0 Å². The first-order valence-corrected chi connectivity index (χ1v) is 11.2. The van der Waals surface area contributed by atoms with Crippen molar-refractivity contribution in [2.24, 2.45) is 0 Å². The molecule has 1 saturated heterocycles. The van der Waals surface area contributed by atoms with E-state index in [4.69, 9.17) is 11.6 Å². The summed E-state index contributed by atoms with van der Waals surface area (Å²) in [6.45, 7) is 0. The highest BCUT2D eigenvalue weighted by Crippen LogP contribution is 2.42. The molecule has 0 spiro atoms. The van der Waals surface area contributed by atoms with E-state index in [0.717, 1.165) is 17.3 Å². The molecule has 3 aromatic rings. The first-order chi connectivity index (χ1) is 16.0. The van der Waals surface area contributed by atoms with Gasteiger partial charge in [-0.25, -0.2) is 4.39 Å². The van der Waals surface area contributed by atoms with Gasteiger partial charge in [-0.1, -0.05) is 53.7 Å². The van der Waals surface area contributed by atoms with Crippen LogP contribution in [0.1, 0.15) is 5.56 Å². The van der Waals surface area contributed by atoms with E-state index in [0.29, 0.717) is 22.8 Å². The molecule has 1 aliphatic heterocycles. The molecule has 1 heterocycles. The van der Waals surface area contributed by atoms with Gasteiger partial charge in [0.1, 0.15) is 22.5 Å². The maximum absolute atomic E-state index is 13.5. The van der Waals surface area contributed by atoms with Crippen LogP contribution in [0.5, 0.6) is 0 Å². The minimum Gasteiger partial charge on any atom is -0.321 e. The van der Waals surface area contributed by atoms with Crippen molar-refractivity contribution in [2.75, 3.05) is 10.2 Å². The summed E-state index contributed by atoms with van der Waals surface area (Å²) < 4.78 is 13.5. The lowest BCUT2D eigenvalue weighted by Gasteiger charge is -2.18. The molecule has 33 heavy (non-hydrogen) atoms. The number of hydrogen-bond donors (Lipinski definition) is 1. The second kappa shape index (κ2) is 9.90. The van der Waals surface area contributed by atoms with Crippen LogP contribution in [0.25, 0.3) is 0 Å². The summed E-state index contributed by atoms with van der Waals surface area (Å²) in [7, 11) is 0. The summed E-state index contributed by atoms with van der Waals surface area (Å²) >= 11 is 7.10. The van der Waals surface area contributed by atoms with Crippen molar-refractivity contribution in [2.45, 2.75) is 11.7 Å². The van der Waals surface area contributed by atoms with Crippen molar-refractivity contribution in [1.82, 2.24) is 0 Å². The standard InChI is InChI=1S/C25H17ClFN3O2S/c26-17-8-6-16(7-9-17)14-22-24(32)30(20-12-10-18(27)11-13-20)25(33-22)21(15-28)23(31)29-19-4-2-1-3-5-19/h1-13,22H,14H2,(H,29,31)/b25-21-/t22-/m1/s1. The number of carbonyl (C=O) groups excluding carboxylic acids is 2. The molecule has 0 unspecified atom stereocenters. The Kier molecular flexibility index (Phi) is 6.78. The van der Waals surface area contributed by atoms with Crippen molar-refractivity contribution in [3.63, 3.8) is 0 Å². The zero-order chi connectivity index (χ0) is 23.4. The zero-order valence-electron chi connectivity index (χ0n) is 17.2. The fraction of sp³-hybridized carbons (Fsp3) is 0.0800. The second-order valence-corrected chi connectivity index (χ2v) is 8.83. The highest BCUT2D eigenvalue weighted by atomic mass is 35.5. The quantitative estimate of drug-likeness (QED) is 0.386. The van der Waals surface area contributed by atoms with Crippen LogP contribution in [0.15, 0.2) is 89.5 Å². The Bertz CT molecular complexity index is 1260. The van der Waals surface area contributed by atoms with Crippen molar-refractivity contribution >= 4 is 46.6 Å². The van der Waals surface area contributed by atoms with Crippen molar-refractivity contribution in [1.29, 1.82) is 5.26 Å². The van der Waals surface area contributed by atoms with Crippen LogP contribution in [0.3, 0.4) is 0 Å². The molecule has 1 fully saturated rings. The maximum Gasteiger partial charge on any atom is 0.269 e. The average Bonchev–Trinajstić information content (AvgIpc) is 3.12. The third-order valence-corrected chi connectivity index (χ3v) is 6.47. The predicted molar refractivity (Wildman–Crippen MR) is 128 cm³/mol. The van der Waals surface area contributed by atoms with E-state index in [1.165, 1.54) is 29.2 Å². The molecule has 4 rings (SSSR count). The fourth-order valence-corrected chi connectivity index (χ4v) is 4.80. The van der Waals surface area contributed by atoms with E-state index in [1.807, 2.05) is 24.3 Å². The zero-order valence-corrected chi connectivity index (χ0v) is 18.7. The molecule has 1 N–H and O–H groups in total. The molecular formula is C25H17ClFN3O2S. The largest absolute Gasteiger partial charge is 0.321 e. The van der Waals surface area contributed by atoms with Crippen LogP contribution >= 0.6 is 23.4 Å². The van der Waals surface area contributed by atoms with Crippen LogP contribution in [-0.4, -0.2) is 17.1 Å². The van der Waals surface area contributed by atoms with Crippen LogP contribution in [0.4, 0.5) is 15.8 Å². The molecule has 2 amide bonds. The lowest BCUT2D eigenvalue weighted by molar-refractivity contribution is -0.117. The van der Waals surface area contributed by atoms with Crippen LogP contribution in [0.2, 0.25) is 5.02 Å². The number of thioether (sulfide) groups is 1. The van der Waals surface area contributed by atoms with Gasteiger partial charge in [0, 0.05) is 16.4 Å². The second-order valence-electron chi connectivity index (χ2n) is 7.20. The lowest BCUT2D eigenvalue weighted by atomic mass is 10.1. The summed E-state index contributed by atoms with van der Waals surface area (Å²) in [5, 5.41) is 12.8. The SMILES string of the molecule is N#C/C(C(=O)Nc1ccccc1)=C1/S[C@H](Cc2ccc(Cl)cc2)C(=O)N1c1ccc(F)cc1. The van der Waals surface area contributed by atoms with Gasteiger partial charge in [-0.2, -0.15) is 5.26 Å². The number of nitrogens with one attached hydrogen (secondary N) is 1. The Labute approximate surface area is 199 Å². The van der Waals surface area contributed by atoms with Gasteiger partial charge in [-0.05, 0) is 60.5 Å². The number of benzene rings is 3. The maximum atomic E-state index is 13.5. The van der Waals surface area contributed by atoms with E-state index in [1.54, 1.807) is 36.4 Å². The number of rotatable bonds is 5. The van der Waals surface area contributed by atoms with Crippen molar-refractivity contribution < 1.29 is 14.0 Å². The van der Waals surface area contributed by atoms with Gasteiger partial charge in [0.15, 0.2) is 0 Å². The molecule has 0 aliphatic carbocycles. The third-order valence-electron chi connectivity index (χ3n) is 4.96. The third kappa shape index (κ3) is 5.08. The molecule has 0 saturated carbocycles. The monoisotopic (exact) mass is 477 g/mol. The Morgan fingerprint density at radius 3 is 2.36 bits per heavy atom. The van der Waals surface area contributed by atoms with Gasteiger partial charge in [-0.3, -0.25) is 14.5 Å². The molecule has 1 aliphatic rings. The number of para-hydroxylation sites is 1. The van der Waals surface area contributed by atoms with Gasteiger partial charge in [0.05, 0.1) is 5.25 Å². The van der Waals surface area contributed by atoms with E-state index in [9.17, 15) is 19.2 Å². The van der Waals surface area contributed by atoms with Crippen LogP contribution in [-0.2, 0) is 16.0 Å². The fourth-order valence-electron chi connectivity index (χ4n) is 3.36. The Hall–Kier alpha value is -3.60. The Morgan fingerprint density at radius 2 is 1.73 bits per heavy atom. The van der Waals surface area contributed by atoms with Crippen LogP contribution in [0, 0.1) is 17.1 Å². The highest BCUT2D eigenvalue weighted by molar-refractivity contribution is 8.05. The first kappa shape index (κ1) is 22.6. The number of anilines is 2. The van der Waals surface area contributed by atoms with Crippen molar-refractivity contribution in [3.8, 4) is 6.07 Å². The van der Waals surface area contributed by atoms with Gasteiger partial charge in [-0.15, -0.1) is 0 Å². The molecule has 0 bridgehead atoms. The van der Waals surface area contributed by atoms with Gasteiger partial charge >= 0.3 is 0 Å². The van der Waals surface area contributed by atoms with Crippen LogP contribution < -0.4 is 10.2 Å². The first-order valence-electron chi connectivity index (χ1n) is 9.97. The van der Waals surface area contributed by atoms with Crippen molar-refractivity contribution in [3.05, 3.63) is 106 Å².